The third kappa shape index (κ3) is 3.29. The molecular formula is C51H30O2. The molecule has 8 aromatic carbocycles. The van der Waals surface area contributed by atoms with Crippen LogP contribution in [0.25, 0.3) is 44.5 Å². The minimum atomic E-state index is -0.608. The van der Waals surface area contributed by atoms with Gasteiger partial charge in [-0.1, -0.05) is 158 Å². The fraction of sp³-hybridized carbons (Fsp3) is 0.0392. The first-order valence-corrected chi connectivity index (χ1v) is 18.3. The van der Waals surface area contributed by atoms with E-state index in [1.165, 1.54) is 61.2 Å². The number of ketones is 1. The van der Waals surface area contributed by atoms with Gasteiger partial charge in [0.2, 0.25) is 0 Å². The van der Waals surface area contributed by atoms with E-state index in [1.54, 1.807) is 0 Å². The van der Waals surface area contributed by atoms with E-state index in [9.17, 15) is 5.11 Å². The molecule has 0 atom stereocenters. The molecule has 12 rings (SSSR count). The Morgan fingerprint density at radius 3 is 1.06 bits per heavy atom. The lowest BCUT2D eigenvalue weighted by Crippen LogP contribution is -2.26. The fourth-order valence-electron chi connectivity index (χ4n) is 10.7. The number of hydrogen-bond donors (Lipinski definition) is 1. The molecule has 8 aromatic rings. The minimum Gasteiger partial charge on any atom is -0.507 e. The van der Waals surface area contributed by atoms with E-state index in [0.717, 1.165) is 27.8 Å². The number of benzene rings is 8. The van der Waals surface area contributed by atoms with Gasteiger partial charge in [0.15, 0.2) is 5.78 Å². The number of phenols is 1. The van der Waals surface area contributed by atoms with Crippen molar-refractivity contribution in [2.24, 2.45) is 0 Å². The molecule has 2 heteroatoms. The zero-order valence-corrected chi connectivity index (χ0v) is 28.6. The van der Waals surface area contributed by atoms with Gasteiger partial charge in [-0.15, -0.1) is 0 Å². The van der Waals surface area contributed by atoms with Gasteiger partial charge in [-0.2, -0.15) is 0 Å². The van der Waals surface area contributed by atoms with Gasteiger partial charge in [0, 0.05) is 5.56 Å². The first-order chi connectivity index (χ1) is 26.1. The van der Waals surface area contributed by atoms with Crippen molar-refractivity contribution >= 4 is 5.78 Å². The molecule has 2 nitrogen and oxygen atoms in total. The first-order valence-electron chi connectivity index (χ1n) is 18.3. The largest absolute Gasteiger partial charge is 0.507 e. The normalized spacial score (nSPS) is 14.9. The van der Waals surface area contributed by atoms with Crippen LogP contribution in [-0.2, 0) is 10.8 Å². The number of carbonyl (C=O) groups is 1. The van der Waals surface area contributed by atoms with Crippen molar-refractivity contribution < 1.29 is 9.90 Å². The molecule has 53 heavy (non-hydrogen) atoms. The molecule has 0 aliphatic heterocycles. The van der Waals surface area contributed by atoms with Crippen LogP contribution in [0.4, 0.5) is 0 Å². The molecule has 0 amide bonds. The maximum absolute atomic E-state index is 15.0. The molecule has 0 saturated carbocycles. The highest BCUT2D eigenvalue weighted by Gasteiger charge is 2.53. The Morgan fingerprint density at radius 2 is 0.660 bits per heavy atom. The predicted octanol–water partition coefficient (Wildman–Crippen LogP) is 11.3. The molecule has 0 unspecified atom stereocenters. The van der Waals surface area contributed by atoms with E-state index < -0.39 is 10.8 Å². The summed E-state index contributed by atoms with van der Waals surface area (Å²) in [5, 5.41) is 11.8. The topological polar surface area (TPSA) is 37.3 Å². The van der Waals surface area contributed by atoms with E-state index in [-0.39, 0.29) is 11.5 Å². The van der Waals surface area contributed by atoms with Gasteiger partial charge < -0.3 is 5.11 Å². The average molecular weight is 675 g/mol. The monoisotopic (exact) mass is 674 g/mol. The lowest BCUT2D eigenvalue weighted by Gasteiger charge is -2.31. The summed E-state index contributed by atoms with van der Waals surface area (Å²) in [5.74, 6) is -0.195. The van der Waals surface area contributed by atoms with E-state index >= 15 is 4.79 Å². The summed E-state index contributed by atoms with van der Waals surface area (Å²) in [6.07, 6.45) is 0. The Morgan fingerprint density at radius 1 is 0.340 bits per heavy atom. The van der Waals surface area contributed by atoms with Crippen LogP contribution in [0.2, 0.25) is 0 Å². The number of aromatic hydroxyl groups is 1. The van der Waals surface area contributed by atoms with Gasteiger partial charge in [-0.3, -0.25) is 4.79 Å². The van der Waals surface area contributed by atoms with Gasteiger partial charge >= 0.3 is 0 Å². The van der Waals surface area contributed by atoms with Crippen LogP contribution in [-0.4, -0.2) is 10.9 Å². The Bertz CT molecular complexity index is 2840. The molecule has 0 bridgehead atoms. The Labute approximate surface area is 307 Å². The van der Waals surface area contributed by atoms with Crippen LogP contribution in [0.1, 0.15) is 60.4 Å². The Kier molecular flexibility index (Phi) is 5.43. The van der Waals surface area contributed by atoms with E-state index in [4.69, 9.17) is 0 Å². The third-order valence-corrected chi connectivity index (χ3v) is 12.6. The van der Waals surface area contributed by atoms with Crippen LogP contribution in [0.3, 0.4) is 0 Å². The minimum absolute atomic E-state index is 0.00442. The summed E-state index contributed by atoms with van der Waals surface area (Å²) in [5.41, 5.74) is 18.3. The highest BCUT2D eigenvalue weighted by molar-refractivity contribution is 6.13. The zero-order valence-electron chi connectivity index (χ0n) is 28.6. The third-order valence-electron chi connectivity index (χ3n) is 12.6. The quantitative estimate of drug-likeness (QED) is 0.185. The van der Waals surface area contributed by atoms with Crippen LogP contribution < -0.4 is 0 Å². The van der Waals surface area contributed by atoms with Crippen LogP contribution >= 0.6 is 0 Å². The number of phenolic OH excluding ortho intramolecular Hbond substituents is 1. The van der Waals surface area contributed by atoms with Crippen molar-refractivity contribution in [2.75, 3.05) is 0 Å². The highest BCUT2D eigenvalue weighted by Crippen LogP contribution is 2.65. The second-order valence-corrected chi connectivity index (χ2v) is 14.8. The van der Waals surface area contributed by atoms with Gasteiger partial charge in [-0.05, 0) is 107 Å². The summed E-state index contributed by atoms with van der Waals surface area (Å²) >= 11 is 0. The van der Waals surface area contributed by atoms with E-state index in [1.807, 2.05) is 18.2 Å². The lowest BCUT2D eigenvalue weighted by atomic mass is 9.70. The summed E-state index contributed by atoms with van der Waals surface area (Å²) in [6, 6.07) is 61.8. The summed E-state index contributed by atoms with van der Waals surface area (Å²) < 4.78 is 0. The van der Waals surface area contributed by atoms with E-state index in [2.05, 4.69) is 158 Å². The second-order valence-electron chi connectivity index (χ2n) is 14.8. The molecular weight excluding hydrogens is 645 g/mol. The molecule has 0 radical (unpaired) electrons. The van der Waals surface area contributed by atoms with Crippen molar-refractivity contribution in [1.82, 2.24) is 0 Å². The first kappa shape index (κ1) is 28.9. The molecule has 246 valence electrons. The maximum atomic E-state index is 15.0. The molecule has 1 N–H and O–H groups in total. The number of rotatable bonds is 2. The Hall–Kier alpha value is -6.77. The number of carbonyl (C=O) groups excluding carboxylic acids is 1. The van der Waals surface area contributed by atoms with E-state index in [0.29, 0.717) is 11.1 Å². The molecule has 4 aliphatic carbocycles. The smallest absolute Gasteiger partial charge is 0.196 e. The van der Waals surface area contributed by atoms with Gasteiger partial charge in [0.1, 0.15) is 5.75 Å². The Balaban J connectivity index is 1.09. The average Bonchev–Trinajstić information content (AvgIpc) is 3.89. The lowest BCUT2D eigenvalue weighted by molar-refractivity contribution is 0.103. The predicted molar refractivity (Wildman–Crippen MR) is 211 cm³/mol. The van der Waals surface area contributed by atoms with Gasteiger partial charge in [0.25, 0.3) is 0 Å². The van der Waals surface area contributed by atoms with Crippen LogP contribution in [0.15, 0.2) is 176 Å². The summed E-state index contributed by atoms with van der Waals surface area (Å²) in [7, 11) is 0. The molecule has 2 spiro atoms. The SMILES string of the molecule is O=C(c1ccc2c(c1)C1(c3ccccc3-c3ccccc31)c1ccccc1-2)c1cc2c(cc1O)-c1ccccc1C21c2ccccc2-c2ccccc21. The van der Waals surface area contributed by atoms with Crippen LogP contribution in [0, 0.1) is 0 Å². The molecule has 4 aliphatic rings. The zero-order chi connectivity index (χ0) is 35.1. The van der Waals surface area contributed by atoms with Gasteiger partial charge in [-0.25, -0.2) is 0 Å². The van der Waals surface area contributed by atoms with Crippen molar-refractivity contribution in [3.8, 4) is 50.3 Å². The van der Waals surface area contributed by atoms with Crippen LogP contribution in [0.5, 0.6) is 5.75 Å². The standard InChI is InChI=1S/C51H30O2/c52-48-29-38-36-18-6-12-24-45(36)51(42-21-9-3-15-33(42)34-16-4-10-22-43(34)51)47(38)28-39(48)49(53)30-25-26-37-35-17-5-11-23-44(35)50(46(37)27-30)40-19-7-1-13-31(40)32-14-2-8-20-41(32)50/h1-29,52H. The molecule has 0 aromatic heterocycles. The maximum Gasteiger partial charge on any atom is 0.196 e. The highest BCUT2D eigenvalue weighted by atomic mass is 16.3. The summed E-state index contributed by atoms with van der Waals surface area (Å²) in [4.78, 5) is 15.0. The second kappa shape index (κ2) is 9.97. The fourth-order valence-corrected chi connectivity index (χ4v) is 10.7. The molecule has 0 fully saturated rings. The van der Waals surface area contributed by atoms with Gasteiger partial charge in [0.05, 0.1) is 16.4 Å². The van der Waals surface area contributed by atoms with Crippen molar-refractivity contribution in [2.45, 2.75) is 10.8 Å². The number of fused-ring (bicyclic) bond motifs is 20. The number of hydrogen-bond acceptors (Lipinski definition) is 2. The van der Waals surface area contributed by atoms with Crippen molar-refractivity contribution in [3.63, 3.8) is 0 Å². The summed E-state index contributed by atoms with van der Waals surface area (Å²) in [6.45, 7) is 0. The van der Waals surface area contributed by atoms with Crippen molar-refractivity contribution in [3.05, 3.63) is 232 Å². The molecule has 0 heterocycles. The molecule has 0 saturated heterocycles. The van der Waals surface area contributed by atoms with Crippen molar-refractivity contribution in [1.29, 1.82) is 0 Å².